The second-order valence-corrected chi connectivity index (χ2v) is 3.81. The second kappa shape index (κ2) is 5.76. The molecular weight excluding hydrogens is 212 g/mol. The van der Waals surface area contributed by atoms with Crippen molar-refractivity contribution in [3.63, 3.8) is 0 Å². The summed E-state index contributed by atoms with van der Waals surface area (Å²) in [5.41, 5.74) is 0.582. The fourth-order valence-corrected chi connectivity index (χ4v) is 1.54. The molecule has 1 rings (SSSR count). The Labute approximate surface area is 95.2 Å². The molecule has 82 valence electrons. The van der Waals surface area contributed by atoms with Crippen LogP contribution in [0.5, 0.6) is 5.75 Å². The van der Waals surface area contributed by atoms with E-state index in [1.54, 1.807) is 25.3 Å². The Bertz CT molecular complexity index is 347. The molecule has 0 bridgehead atoms. The summed E-state index contributed by atoms with van der Waals surface area (Å²) in [6.45, 7) is 2.06. The molecule has 0 aromatic heterocycles. The van der Waals surface area contributed by atoms with Crippen LogP contribution in [0.25, 0.3) is 0 Å². The van der Waals surface area contributed by atoms with Crippen molar-refractivity contribution in [3.8, 4) is 5.75 Å². The smallest absolute Gasteiger partial charge is 0.166 e. The third kappa shape index (κ3) is 3.24. The first kappa shape index (κ1) is 12.1. The van der Waals surface area contributed by atoms with Crippen molar-refractivity contribution in [2.75, 3.05) is 7.11 Å². The van der Waals surface area contributed by atoms with E-state index >= 15 is 0 Å². The summed E-state index contributed by atoms with van der Waals surface area (Å²) < 4.78 is 5.12. The highest BCUT2D eigenvalue weighted by atomic mass is 35.5. The van der Waals surface area contributed by atoms with E-state index in [-0.39, 0.29) is 5.78 Å². The van der Waals surface area contributed by atoms with Gasteiger partial charge in [-0.15, -0.1) is 0 Å². The molecule has 0 aliphatic rings. The first-order chi connectivity index (χ1) is 7.19. The molecule has 0 amide bonds. The van der Waals surface area contributed by atoms with Gasteiger partial charge in [-0.25, -0.2) is 0 Å². The minimum absolute atomic E-state index is 0.0937. The predicted molar refractivity (Wildman–Crippen MR) is 61.9 cm³/mol. The SMILES string of the molecule is CCCCC(=O)c1cc(Cl)ccc1OC. The van der Waals surface area contributed by atoms with Crippen LogP contribution < -0.4 is 4.74 Å². The summed E-state index contributed by atoms with van der Waals surface area (Å²) in [6, 6.07) is 5.11. The first-order valence-corrected chi connectivity index (χ1v) is 5.43. The number of carbonyl (C=O) groups excluding carboxylic acids is 1. The number of methoxy groups -OCH3 is 1. The number of rotatable bonds is 5. The van der Waals surface area contributed by atoms with Crippen LogP contribution >= 0.6 is 11.6 Å². The normalized spacial score (nSPS) is 10.1. The zero-order valence-corrected chi connectivity index (χ0v) is 9.80. The summed E-state index contributed by atoms with van der Waals surface area (Å²) in [4.78, 5) is 11.8. The van der Waals surface area contributed by atoms with Crippen LogP contribution in [0.4, 0.5) is 0 Å². The van der Waals surface area contributed by atoms with Gasteiger partial charge in [0.05, 0.1) is 12.7 Å². The number of ether oxygens (including phenoxy) is 1. The lowest BCUT2D eigenvalue weighted by atomic mass is 10.0. The zero-order chi connectivity index (χ0) is 11.3. The summed E-state index contributed by atoms with van der Waals surface area (Å²) >= 11 is 5.84. The number of Topliss-reactive ketones (excluding diaryl/α,β-unsaturated/α-hetero) is 1. The van der Waals surface area contributed by atoms with Crippen molar-refractivity contribution >= 4 is 17.4 Å². The molecule has 0 spiro atoms. The van der Waals surface area contributed by atoms with Gasteiger partial charge in [-0.1, -0.05) is 24.9 Å². The summed E-state index contributed by atoms with van der Waals surface area (Å²) in [5, 5.41) is 0.565. The van der Waals surface area contributed by atoms with Crippen molar-refractivity contribution in [2.24, 2.45) is 0 Å². The molecule has 0 radical (unpaired) electrons. The van der Waals surface area contributed by atoms with E-state index in [0.717, 1.165) is 12.8 Å². The van der Waals surface area contributed by atoms with Gasteiger partial charge in [-0.2, -0.15) is 0 Å². The highest BCUT2D eigenvalue weighted by Crippen LogP contribution is 2.24. The molecule has 1 aromatic rings. The van der Waals surface area contributed by atoms with Crippen LogP contribution in [-0.2, 0) is 0 Å². The van der Waals surface area contributed by atoms with Gasteiger partial charge in [0.15, 0.2) is 5.78 Å². The Balaban J connectivity index is 2.90. The maximum Gasteiger partial charge on any atom is 0.166 e. The quantitative estimate of drug-likeness (QED) is 0.716. The number of halogens is 1. The Morgan fingerprint density at radius 1 is 1.47 bits per heavy atom. The molecule has 2 nitrogen and oxygen atoms in total. The highest BCUT2D eigenvalue weighted by Gasteiger charge is 2.11. The molecule has 0 aliphatic heterocycles. The Morgan fingerprint density at radius 2 is 2.20 bits per heavy atom. The average molecular weight is 227 g/mol. The molecule has 0 saturated heterocycles. The molecule has 0 atom stereocenters. The van der Waals surface area contributed by atoms with Gasteiger partial charge in [0.2, 0.25) is 0 Å². The van der Waals surface area contributed by atoms with Gasteiger partial charge in [-0.3, -0.25) is 4.79 Å². The van der Waals surface area contributed by atoms with Crippen molar-refractivity contribution in [1.82, 2.24) is 0 Å². The van der Waals surface area contributed by atoms with Crippen LogP contribution in [0, 0.1) is 0 Å². The van der Waals surface area contributed by atoms with E-state index in [9.17, 15) is 4.79 Å². The number of hydrogen-bond donors (Lipinski definition) is 0. The lowest BCUT2D eigenvalue weighted by Crippen LogP contribution is -2.01. The lowest BCUT2D eigenvalue weighted by molar-refractivity contribution is 0.0977. The van der Waals surface area contributed by atoms with Gasteiger partial charge in [0, 0.05) is 11.4 Å². The Morgan fingerprint density at radius 3 is 2.80 bits per heavy atom. The van der Waals surface area contributed by atoms with E-state index in [2.05, 4.69) is 6.92 Å². The molecule has 0 fully saturated rings. The van der Waals surface area contributed by atoms with Gasteiger partial charge >= 0.3 is 0 Å². The average Bonchev–Trinajstić information content (AvgIpc) is 2.25. The molecule has 1 aromatic carbocycles. The maximum atomic E-state index is 11.8. The molecule has 3 heteroatoms. The first-order valence-electron chi connectivity index (χ1n) is 5.05. The largest absolute Gasteiger partial charge is 0.496 e. The summed E-state index contributed by atoms with van der Waals surface area (Å²) in [7, 11) is 1.56. The van der Waals surface area contributed by atoms with Gasteiger partial charge in [0.25, 0.3) is 0 Å². The number of unbranched alkanes of at least 4 members (excludes halogenated alkanes) is 1. The van der Waals surface area contributed by atoms with E-state index < -0.39 is 0 Å². The van der Waals surface area contributed by atoms with Crippen molar-refractivity contribution in [2.45, 2.75) is 26.2 Å². The molecule has 0 unspecified atom stereocenters. The van der Waals surface area contributed by atoms with Crippen LogP contribution in [0.1, 0.15) is 36.5 Å². The maximum absolute atomic E-state index is 11.8. The van der Waals surface area contributed by atoms with Gasteiger partial charge in [0.1, 0.15) is 5.75 Å². The zero-order valence-electron chi connectivity index (χ0n) is 9.05. The summed E-state index contributed by atoms with van der Waals surface area (Å²) in [5.74, 6) is 0.691. The van der Waals surface area contributed by atoms with E-state index in [4.69, 9.17) is 16.3 Å². The Kier molecular flexibility index (Phi) is 4.63. The van der Waals surface area contributed by atoms with Crippen molar-refractivity contribution in [1.29, 1.82) is 0 Å². The van der Waals surface area contributed by atoms with Crippen LogP contribution in [-0.4, -0.2) is 12.9 Å². The van der Waals surface area contributed by atoms with Crippen molar-refractivity contribution < 1.29 is 9.53 Å². The van der Waals surface area contributed by atoms with Crippen LogP contribution in [0.3, 0.4) is 0 Å². The molecular formula is C12H15ClO2. The molecule has 15 heavy (non-hydrogen) atoms. The number of benzene rings is 1. The van der Waals surface area contributed by atoms with E-state index in [0.29, 0.717) is 22.8 Å². The third-order valence-electron chi connectivity index (χ3n) is 2.22. The number of ketones is 1. The second-order valence-electron chi connectivity index (χ2n) is 3.37. The molecule has 0 heterocycles. The highest BCUT2D eigenvalue weighted by molar-refractivity contribution is 6.31. The van der Waals surface area contributed by atoms with Gasteiger partial charge < -0.3 is 4.74 Å². The molecule has 0 N–H and O–H groups in total. The minimum Gasteiger partial charge on any atom is -0.496 e. The molecule has 0 saturated carbocycles. The van der Waals surface area contributed by atoms with Crippen LogP contribution in [0.2, 0.25) is 5.02 Å². The number of carbonyl (C=O) groups is 1. The van der Waals surface area contributed by atoms with E-state index in [1.165, 1.54) is 0 Å². The van der Waals surface area contributed by atoms with Gasteiger partial charge in [-0.05, 0) is 24.6 Å². The Hall–Kier alpha value is -1.02. The number of hydrogen-bond acceptors (Lipinski definition) is 2. The summed E-state index contributed by atoms with van der Waals surface area (Å²) in [6.07, 6.45) is 2.45. The lowest BCUT2D eigenvalue weighted by Gasteiger charge is -2.07. The van der Waals surface area contributed by atoms with Crippen molar-refractivity contribution in [3.05, 3.63) is 28.8 Å². The fraction of sp³-hybridized carbons (Fsp3) is 0.417. The predicted octanol–water partition coefficient (Wildman–Crippen LogP) is 3.72. The standard InChI is InChI=1S/C12H15ClO2/c1-3-4-5-11(14)10-8-9(13)6-7-12(10)15-2/h6-8H,3-5H2,1-2H3. The third-order valence-corrected chi connectivity index (χ3v) is 2.45. The fourth-order valence-electron chi connectivity index (χ4n) is 1.37. The van der Waals surface area contributed by atoms with Crippen LogP contribution in [0.15, 0.2) is 18.2 Å². The van der Waals surface area contributed by atoms with E-state index in [1.807, 2.05) is 0 Å². The topological polar surface area (TPSA) is 26.3 Å². The monoisotopic (exact) mass is 226 g/mol. The minimum atomic E-state index is 0.0937. The molecule has 0 aliphatic carbocycles.